The maximum atomic E-state index is 12.7. The molecule has 1 aliphatic rings. The number of sulfone groups is 1. The summed E-state index contributed by atoms with van der Waals surface area (Å²) in [6.07, 6.45) is 1.69. The Bertz CT molecular complexity index is 789. The molecule has 1 atom stereocenters. The molecule has 0 aromatic heterocycles. The van der Waals surface area contributed by atoms with Gasteiger partial charge >= 0.3 is 6.09 Å². The van der Waals surface area contributed by atoms with Crippen LogP contribution in [0.2, 0.25) is 0 Å². The molecule has 0 spiro atoms. The van der Waals surface area contributed by atoms with Gasteiger partial charge in [0.25, 0.3) is 0 Å². The molecule has 8 heteroatoms. The van der Waals surface area contributed by atoms with Crippen molar-refractivity contribution in [3.8, 4) is 5.75 Å². The minimum atomic E-state index is -3.37. The number of rotatable bonds is 7. The highest BCUT2D eigenvalue weighted by Crippen LogP contribution is 2.21. The Labute approximate surface area is 174 Å². The van der Waals surface area contributed by atoms with Gasteiger partial charge < -0.3 is 19.3 Å². The van der Waals surface area contributed by atoms with Crippen LogP contribution in [0.1, 0.15) is 33.6 Å². The van der Waals surface area contributed by atoms with Crippen LogP contribution in [0.4, 0.5) is 4.79 Å². The molecule has 0 N–H and O–H groups in total. The van der Waals surface area contributed by atoms with Crippen LogP contribution < -0.4 is 4.74 Å². The van der Waals surface area contributed by atoms with E-state index in [1.165, 1.54) is 7.11 Å². The standard InChI is InChI=1S/C21H34N2O5S/c1-21(2,3)28-20(24)22(4)15-17-8-7-11-23(16-17)12-13-29(25,26)19-10-6-9-18(14-19)27-5/h6,9-10,14,17H,7-8,11-13,15-16H2,1-5H3. The third-order valence-corrected chi connectivity index (χ3v) is 6.61. The van der Waals surface area contributed by atoms with Crippen LogP contribution >= 0.6 is 0 Å². The number of ether oxygens (including phenoxy) is 2. The first-order chi connectivity index (χ1) is 13.5. The molecular weight excluding hydrogens is 392 g/mol. The molecule has 1 aromatic rings. The lowest BCUT2D eigenvalue weighted by Crippen LogP contribution is -2.44. The van der Waals surface area contributed by atoms with Crippen molar-refractivity contribution in [2.24, 2.45) is 5.92 Å². The first-order valence-corrected chi connectivity index (χ1v) is 11.7. The van der Waals surface area contributed by atoms with Crippen molar-refractivity contribution in [3.05, 3.63) is 24.3 Å². The number of likely N-dealkylation sites (tertiary alicyclic amines) is 1. The van der Waals surface area contributed by atoms with Gasteiger partial charge in [-0.3, -0.25) is 0 Å². The van der Waals surface area contributed by atoms with Crippen LogP contribution in [0, 0.1) is 5.92 Å². The zero-order valence-corrected chi connectivity index (χ0v) is 19.0. The van der Waals surface area contributed by atoms with E-state index in [9.17, 15) is 13.2 Å². The molecule has 1 amide bonds. The van der Waals surface area contributed by atoms with Gasteiger partial charge in [-0.2, -0.15) is 0 Å². The van der Waals surface area contributed by atoms with Crippen molar-refractivity contribution in [3.63, 3.8) is 0 Å². The molecule has 1 aromatic carbocycles. The predicted molar refractivity (Wildman–Crippen MR) is 113 cm³/mol. The summed E-state index contributed by atoms with van der Waals surface area (Å²) >= 11 is 0. The Morgan fingerprint density at radius 2 is 2.03 bits per heavy atom. The molecule has 0 aliphatic carbocycles. The Morgan fingerprint density at radius 1 is 1.31 bits per heavy atom. The Hall–Kier alpha value is -1.80. The van der Waals surface area contributed by atoms with Crippen molar-refractivity contribution in [2.75, 3.05) is 46.1 Å². The number of hydrogen-bond acceptors (Lipinski definition) is 6. The summed E-state index contributed by atoms with van der Waals surface area (Å²) in [6, 6.07) is 6.58. The van der Waals surface area contributed by atoms with Gasteiger partial charge in [0.2, 0.25) is 0 Å². The molecule has 1 saturated heterocycles. The van der Waals surface area contributed by atoms with E-state index in [1.54, 1.807) is 36.2 Å². The van der Waals surface area contributed by atoms with Crippen molar-refractivity contribution in [2.45, 2.75) is 44.1 Å². The number of benzene rings is 1. The van der Waals surface area contributed by atoms with Gasteiger partial charge in [-0.25, -0.2) is 13.2 Å². The van der Waals surface area contributed by atoms with E-state index in [0.717, 1.165) is 25.9 Å². The quantitative estimate of drug-likeness (QED) is 0.667. The summed E-state index contributed by atoms with van der Waals surface area (Å²) in [7, 11) is -0.101. The van der Waals surface area contributed by atoms with Gasteiger partial charge in [-0.15, -0.1) is 0 Å². The number of piperidine rings is 1. The lowest BCUT2D eigenvalue weighted by Gasteiger charge is -2.35. The van der Waals surface area contributed by atoms with Gasteiger partial charge in [-0.1, -0.05) is 6.07 Å². The first-order valence-electron chi connectivity index (χ1n) is 10.0. The third kappa shape index (κ3) is 7.51. The molecule has 7 nitrogen and oxygen atoms in total. The molecule has 2 rings (SSSR count). The lowest BCUT2D eigenvalue weighted by molar-refractivity contribution is 0.0245. The zero-order valence-electron chi connectivity index (χ0n) is 18.2. The molecule has 1 unspecified atom stereocenters. The van der Waals surface area contributed by atoms with Crippen molar-refractivity contribution in [1.82, 2.24) is 9.80 Å². The largest absolute Gasteiger partial charge is 0.497 e. The van der Waals surface area contributed by atoms with Crippen molar-refractivity contribution in [1.29, 1.82) is 0 Å². The highest BCUT2D eigenvalue weighted by atomic mass is 32.2. The number of amides is 1. The highest BCUT2D eigenvalue weighted by Gasteiger charge is 2.26. The van der Waals surface area contributed by atoms with Crippen LogP contribution in [0.3, 0.4) is 0 Å². The number of methoxy groups -OCH3 is 1. The summed E-state index contributed by atoms with van der Waals surface area (Å²) in [5, 5.41) is 0. The Morgan fingerprint density at radius 3 is 2.69 bits per heavy atom. The molecule has 0 saturated carbocycles. The van der Waals surface area contributed by atoms with Crippen LogP contribution in [0.5, 0.6) is 5.75 Å². The topological polar surface area (TPSA) is 76.2 Å². The monoisotopic (exact) mass is 426 g/mol. The van der Waals surface area contributed by atoms with E-state index in [4.69, 9.17) is 9.47 Å². The van der Waals surface area contributed by atoms with Gasteiger partial charge in [0.15, 0.2) is 9.84 Å². The fourth-order valence-electron chi connectivity index (χ4n) is 3.47. The van der Waals surface area contributed by atoms with E-state index < -0.39 is 15.4 Å². The van der Waals surface area contributed by atoms with Crippen molar-refractivity contribution >= 4 is 15.9 Å². The van der Waals surface area contributed by atoms with Crippen LogP contribution in [0.25, 0.3) is 0 Å². The van der Waals surface area contributed by atoms with Gasteiger partial charge in [0.1, 0.15) is 11.4 Å². The third-order valence-electron chi connectivity index (χ3n) is 4.92. The van der Waals surface area contributed by atoms with E-state index in [-0.39, 0.29) is 16.7 Å². The fourth-order valence-corrected chi connectivity index (χ4v) is 4.78. The Kier molecular flexibility index (Phi) is 7.94. The highest BCUT2D eigenvalue weighted by molar-refractivity contribution is 7.91. The summed E-state index contributed by atoms with van der Waals surface area (Å²) in [5.41, 5.74) is -0.515. The average molecular weight is 427 g/mol. The summed E-state index contributed by atoms with van der Waals surface area (Å²) in [6.45, 7) is 8.29. The van der Waals surface area contributed by atoms with E-state index in [0.29, 0.717) is 24.8 Å². The van der Waals surface area contributed by atoms with Gasteiger partial charge in [-0.05, 0) is 64.3 Å². The number of carbonyl (C=O) groups excluding carboxylic acids is 1. The number of hydrogen-bond donors (Lipinski definition) is 0. The molecule has 1 fully saturated rings. The lowest BCUT2D eigenvalue weighted by atomic mass is 9.98. The van der Waals surface area contributed by atoms with Crippen molar-refractivity contribution < 1.29 is 22.7 Å². The maximum absolute atomic E-state index is 12.7. The molecule has 164 valence electrons. The molecule has 0 bridgehead atoms. The minimum Gasteiger partial charge on any atom is -0.497 e. The zero-order chi connectivity index (χ0) is 21.7. The summed E-state index contributed by atoms with van der Waals surface area (Å²) in [4.78, 5) is 16.3. The van der Waals surface area contributed by atoms with Crippen LogP contribution in [-0.4, -0.2) is 76.0 Å². The second-order valence-electron chi connectivity index (χ2n) is 8.67. The minimum absolute atomic E-state index is 0.0643. The normalized spacial score (nSPS) is 18.3. The molecule has 29 heavy (non-hydrogen) atoms. The maximum Gasteiger partial charge on any atom is 0.410 e. The van der Waals surface area contributed by atoms with E-state index in [2.05, 4.69) is 4.90 Å². The van der Waals surface area contributed by atoms with Gasteiger partial charge in [0, 0.05) is 26.7 Å². The summed E-state index contributed by atoms with van der Waals surface area (Å²) in [5.74, 6) is 0.907. The van der Waals surface area contributed by atoms with Crippen LogP contribution in [0.15, 0.2) is 29.2 Å². The average Bonchev–Trinajstić information content (AvgIpc) is 2.65. The van der Waals surface area contributed by atoms with E-state index in [1.807, 2.05) is 20.8 Å². The summed E-state index contributed by atoms with van der Waals surface area (Å²) < 4.78 is 35.9. The molecule has 1 heterocycles. The second kappa shape index (κ2) is 9.80. The number of nitrogens with zero attached hydrogens (tertiary/aromatic N) is 2. The molecular formula is C21H34N2O5S. The fraction of sp³-hybridized carbons (Fsp3) is 0.667. The molecule has 0 radical (unpaired) electrons. The Balaban J connectivity index is 1.88. The second-order valence-corrected chi connectivity index (χ2v) is 10.8. The molecule has 1 aliphatic heterocycles. The first kappa shape index (κ1) is 23.5. The van der Waals surface area contributed by atoms with Crippen LogP contribution in [-0.2, 0) is 14.6 Å². The number of carbonyl (C=O) groups is 1. The SMILES string of the molecule is COc1cccc(S(=O)(=O)CCN2CCCC(CN(C)C(=O)OC(C)(C)C)C2)c1. The van der Waals surface area contributed by atoms with E-state index >= 15 is 0 Å². The predicted octanol–water partition coefficient (Wildman–Crippen LogP) is 3.05. The van der Waals surface area contributed by atoms with Gasteiger partial charge in [0.05, 0.1) is 17.8 Å². The smallest absolute Gasteiger partial charge is 0.410 e.